The molecule has 106 valence electrons. The molecule has 2 fully saturated rings. The Morgan fingerprint density at radius 3 is 3.20 bits per heavy atom. The van der Waals surface area contributed by atoms with E-state index in [4.69, 9.17) is 13.7 Å². The zero-order valence-electron chi connectivity index (χ0n) is 11.2. The van der Waals surface area contributed by atoms with Crippen LogP contribution in [0.4, 0.5) is 0 Å². The van der Waals surface area contributed by atoms with Crippen LogP contribution in [-0.4, -0.2) is 40.8 Å². The third kappa shape index (κ3) is 2.14. The SMILES string of the molecule is c1cc(-c2nc([C@H]3CN4CCCC[C@@H]4CO3)no2)co1. The van der Waals surface area contributed by atoms with Crippen LogP contribution in [0.15, 0.2) is 27.5 Å². The lowest BCUT2D eigenvalue weighted by atomic mass is 10.0. The molecular weight excluding hydrogens is 258 g/mol. The molecule has 2 atom stereocenters. The van der Waals surface area contributed by atoms with Crippen LogP contribution in [0.5, 0.6) is 0 Å². The van der Waals surface area contributed by atoms with Crippen molar-refractivity contribution in [3.63, 3.8) is 0 Å². The first kappa shape index (κ1) is 12.1. The summed E-state index contributed by atoms with van der Waals surface area (Å²) in [5, 5.41) is 4.05. The van der Waals surface area contributed by atoms with Crippen LogP contribution in [0.25, 0.3) is 11.5 Å². The van der Waals surface area contributed by atoms with Gasteiger partial charge in [0.25, 0.3) is 5.89 Å². The number of piperidine rings is 1. The van der Waals surface area contributed by atoms with E-state index in [1.165, 1.54) is 19.3 Å². The molecular formula is C14H17N3O3. The monoisotopic (exact) mass is 275 g/mol. The highest BCUT2D eigenvalue weighted by Crippen LogP contribution is 2.29. The lowest BCUT2D eigenvalue weighted by molar-refractivity contribution is -0.0805. The minimum Gasteiger partial charge on any atom is -0.472 e. The van der Waals surface area contributed by atoms with Gasteiger partial charge in [-0.25, -0.2) is 0 Å². The van der Waals surface area contributed by atoms with Gasteiger partial charge in [-0.05, 0) is 25.5 Å². The molecule has 20 heavy (non-hydrogen) atoms. The predicted molar refractivity (Wildman–Crippen MR) is 69.9 cm³/mol. The second-order valence-electron chi connectivity index (χ2n) is 5.44. The summed E-state index contributed by atoms with van der Waals surface area (Å²) >= 11 is 0. The topological polar surface area (TPSA) is 64.5 Å². The minimum absolute atomic E-state index is 0.0891. The van der Waals surface area contributed by atoms with Crippen LogP contribution >= 0.6 is 0 Å². The molecule has 0 aliphatic carbocycles. The van der Waals surface area contributed by atoms with Gasteiger partial charge in [0.15, 0.2) is 0 Å². The van der Waals surface area contributed by atoms with Gasteiger partial charge in [0.2, 0.25) is 5.82 Å². The summed E-state index contributed by atoms with van der Waals surface area (Å²) in [6.07, 6.45) is 6.92. The Kier molecular flexibility index (Phi) is 3.05. The van der Waals surface area contributed by atoms with Crippen LogP contribution in [0.3, 0.4) is 0 Å². The Labute approximate surface area is 116 Å². The van der Waals surface area contributed by atoms with Gasteiger partial charge in [0.1, 0.15) is 12.4 Å². The predicted octanol–water partition coefficient (Wildman–Crippen LogP) is 2.26. The Hall–Kier alpha value is -1.66. The standard InChI is InChI=1S/C14H17N3O3/c1-2-5-17-7-12(19-9-11(17)3-1)13-15-14(20-16-13)10-4-6-18-8-10/h4,6,8,11-12H,1-3,5,7,9H2/t11-,12-/m1/s1. The van der Waals surface area contributed by atoms with Crippen LogP contribution in [-0.2, 0) is 4.74 Å². The molecule has 6 heteroatoms. The van der Waals surface area contributed by atoms with E-state index in [9.17, 15) is 0 Å². The van der Waals surface area contributed by atoms with Crippen LogP contribution in [0.1, 0.15) is 31.2 Å². The Bertz CT molecular complexity index is 566. The van der Waals surface area contributed by atoms with E-state index in [0.717, 1.165) is 25.3 Å². The number of hydrogen-bond donors (Lipinski definition) is 0. The van der Waals surface area contributed by atoms with E-state index in [1.807, 2.05) is 0 Å². The summed E-state index contributed by atoms with van der Waals surface area (Å²) in [5.74, 6) is 1.11. The number of furan rings is 1. The van der Waals surface area contributed by atoms with Gasteiger partial charge in [-0.1, -0.05) is 11.6 Å². The minimum atomic E-state index is -0.0891. The van der Waals surface area contributed by atoms with Gasteiger partial charge < -0.3 is 13.7 Å². The van der Waals surface area contributed by atoms with Crippen molar-refractivity contribution in [1.82, 2.24) is 15.0 Å². The van der Waals surface area contributed by atoms with Crippen LogP contribution in [0.2, 0.25) is 0 Å². The average molecular weight is 275 g/mol. The quantitative estimate of drug-likeness (QED) is 0.837. The van der Waals surface area contributed by atoms with Gasteiger partial charge in [0, 0.05) is 12.6 Å². The molecule has 0 saturated carbocycles. The molecule has 2 aromatic heterocycles. The number of aromatic nitrogens is 2. The lowest BCUT2D eigenvalue weighted by Crippen LogP contribution is -2.49. The number of ether oxygens (including phenoxy) is 1. The summed E-state index contributed by atoms with van der Waals surface area (Å²) in [6, 6.07) is 2.37. The molecule has 2 aromatic rings. The maximum Gasteiger partial charge on any atom is 0.261 e. The molecule has 0 amide bonds. The number of nitrogens with zero attached hydrogens (tertiary/aromatic N) is 3. The fraction of sp³-hybridized carbons (Fsp3) is 0.571. The van der Waals surface area contributed by atoms with Crippen molar-refractivity contribution in [2.45, 2.75) is 31.4 Å². The Morgan fingerprint density at radius 2 is 2.30 bits per heavy atom. The lowest BCUT2D eigenvalue weighted by Gasteiger charge is -2.41. The van der Waals surface area contributed by atoms with Crippen LogP contribution in [0, 0.1) is 0 Å². The van der Waals surface area contributed by atoms with E-state index < -0.39 is 0 Å². The number of rotatable bonds is 2. The Morgan fingerprint density at radius 1 is 1.30 bits per heavy atom. The van der Waals surface area contributed by atoms with E-state index in [0.29, 0.717) is 17.8 Å². The smallest absolute Gasteiger partial charge is 0.261 e. The van der Waals surface area contributed by atoms with Gasteiger partial charge in [-0.2, -0.15) is 4.98 Å². The normalized spacial score (nSPS) is 27.4. The second kappa shape index (κ2) is 5.03. The molecule has 6 nitrogen and oxygen atoms in total. The summed E-state index contributed by atoms with van der Waals surface area (Å²) < 4.78 is 16.2. The molecule has 4 rings (SSSR count). The van der Waals surface area contributed by atoms with Crippen molar-refractivity contribution in [2.75, 3.05) is 19.7 Å². The molecule has 0 spiro atoms. The number of morpholine rings is 1. The molecule has 4 heterocycles. The van der Waals surface area contributed by atoms with Gasteiger partial charge in [-0.15, -0.1) is 0 Å². The van der Waals surface area contributed by atoms with E-state index in [-0.39, 0.29) is 6.10 Å². The highest BCUT2D eigenvalue weighted by Gasteiger charge is 2.33. The zero-order chi connectivity index (χ0) is 13.4. The van der Waals surface area contributed by atoms with Crippen LogP contribution < -0.4 is 0 Å². The molecule has 0 radical (unpaired) electrons. The molecule has 2 saturated heterocycles. The van der Waals surface area contributed by atoms with Gasteiger partial charge in [0.05, 0.1) is 18.4 Å². The summed E-state index contributed by atoms with van der Waals surface area (Å²) in [5.41, 5.74) is 0.801. The highest BCUT2D eigenvalue weighted by atomic mass is 16.5. The first-order valence-electron chi connectivity index (χ1n) is 7.12. The fourth-order valence-electron chi connectivity index (χ4n) is 3.01. The third-order valence-electron chi connectivity index (χ3n) is 4.14. The Balaban J connectivity index is 1.50. The van der Waals surface area contributed by atoms with Crippen molar-refractivity contribution in [3.05, 3.63) is 24.4 Å². The van der Waals surface area contributed by atoms with E-state index in [1.54, 1.807) is 18.6 Å². The summed E-state index contributed by atoms with van der Waals surface area (Å²) in [7, 11) is 0. The summed E-state index contributed by atoms with van der Waals surface area (Å²) in [6.45, 7) is 2.77. The maximum atomic E-state index is 5.91. The van der Waals surface area contributed by atoms with Crippen molar-refractivity contribution < 1.29 is 13.7 Å². The first-order chi connectivity index (χ1) is 9.90. The van der Waals surface area contributed by atoms with Gasteiger partial charge in [-0.3, -0.25) is 4.90 Å². The maximum absolute atomic E-state index is 5.91. The molecule has 0 unspecified atom stereocenters. The zero-order valence-corrected chi connectivity index (χ0v) is 11.2. The summed E-state index contributed by atoms with van der Waals surface area (Å²) in [4.78, 5) is 6.92. The van der Waals surface area contributed by atoms with Crippen molar-refractivity contribution in [1.29, 1.82) is 0 Å². The second-order valence-corrected chi connectivity index (χ2v) is 5.44. The fourth-order valence-corrected chi connectivity index (χ4v) is 3.01. The first-order valence-corrected chi connectivity index (χ1v) is 7.12. The number of fused-ring (bicyclic) bond motifs is 1. The number of hydrogen-bond acceptors (Lipinski definition) is 6. The average Bonchev–Trinajstić information content (AvgIpc) is 3.17. The van der Waals surface area contributed by atoms with Crippen molar-refractivity contribution >= 4 is 0 Å². The molecule has 2 aliphatic heterocycles. The third-order valence-corrected chi connectivity index (χ3v) is 4.14. The highest BCUT2D eigenvalue weighted by molar-refractivity contribution is 5.49. The van der Waals surface area contributed by atoms with Gasteiger partial charge >= 0.3 is 0 Å². The van der Waals surface area contributed by atoms with Crippen molar-refractivity contribution in [3.8, 4) is 11.5 Å². The van der Waals surface area contributed by atoms with E-state index >= 15 is 0 Å². The molecule has 0 bridgehead atoms. The molecule has 2 aliphatic rings. The largest absolute Gasteiger partial charge is 0.472 e. The molecule has 0 aromatic carbocycles. The van der Waals surface area contributed by atoms with Crippen molar-refractivity contribution in [2.24, 2.45) is 0 Å². The van der Waals surface area contributed by atoms with E-state index in [2.05, 4.69) is 15.0 Å². The molecule has 0 N–H and O–H groups in total.